The van der Waals surface area contributed by atoms with Crippen LogP contribution in [0.3, 0.4) is 0 Å². The molecule has 1 fully saturated rings. The predicted octanol–water partition coefficient (Wildman–Crippen LogP) is 1.80. The molecule has 1 saturated heterocycles. The lowest BCUT2D eigenvalue weighted by Crippen LogP contribution is -2.63. The Balaban J connectivity index is 2.32. The number of hydrogen-bond acceptors (Lipinski definition) is 3. The fourth-order valence-electron chi connectivity index (χ4n) is 2.65. The molecule has 0 bridgehead atoms. The van der Waals surface area contributed by atoms with Gasteiger partial charge in [-0.25, -0.2) is 0 Å². The van der Waals surface area contributed by atoms with Gasteiger partial charge in [-0.15, -0.1) is 0 Å². The first kappa shape index (κ1) is 13.4. The van der Waals surface area contributed by atoms with Gasteiger partial charge in [-0.2, -0.15) is 0 Å². The highest BCUT2D eigenvalue weighted by atomic mass is 16.3. The van der Waals surface area contributed by atoms with Crippen molar-refractivity contribution in [2.45, 2.75) is 38.8 Å². The Labute approximate surface area is 110 Å². The highest BCUT2D eigenvalue weighted by Gasteiger charge is 2.32. The fourth-order valence-corrected chi connectivity index (χ4v) is 2.65. The molecule has 1 aliphatic heterocycles. The molecule has 100 valence electrons. The van der Waals surface area contributed by atoms with E-state index in [0.717, 1.165) is 19.5 Å². The van der Waals surface area contributed by atoms with Crippen molar-refractivity contribution in [1.29, 1.82) is 0 Å². The first-order valence-electron chi connectivity index (χ1n) is 6.78. The molecule has 0 saturated carbocycles. The van der Waals surface area contributed by atoms with E-state index in [-0.39, 0.29) is 18.2 Å². The van der Waals surface area contributed by atoms with Crippen LogP contribution in [0, 0.1) is 0 Å². The number of aliphatic hydroxyl groups excluding tert-OH is 1. The monoisotopic (exact) mass is 248 g/mol. The van der Waals surface area contributed by atoms with E-state index >= 15 is 0 Å². The zero-order valence-corrected chi connectivity index (χ0v) is 11.6. The summed E-state index contributed by atoms with van der Waals surface area (Å²) in [4.78, 5) is 2.36. The van der Waals surface area contributed by atoms with Crippen molar-refractivity contribution in [1.82, 2.24) is 5.32 Å². The molecule has 1 aromatic rings. The van der Waals surface area contributed by atoms with Crippen LogP contribution < -0.4 is 10.2 Å². The van der Waals surface area contributed by atoms with Crippen LogP contribution in [0.25, 0.3) is 0 Å². The topological polar surface area (TPSA) is 35.5 Å². The van der Waals surface area contributed by atoms with Crippen LogP contribution in [0.15, 0.2) is 24.3 Å². The summed E-state index contributed by atoms with van der Waals surface area (Å²) in [7, 11) is 0. The first-order valence-corrected chi connectivity index (χ1v) is 6.78. The molecular formula is C15H24N2O. The van der Waals surface area contributed by atoms with Crippen LogP contribution in [0.2, 0.25) is 0 Å². The van der Waals surface area contributed by atoms with Gasteiger partial charge in [0.15, 0.2) is 0 Å². The van der Waals surface area contributed by atoms with Crippen LogP contribution >= 0.6 is 0 Å². The average Bonchev–Trinajstić information content (AvgIpc) is 2.37. The first-order chi connectivity index (χ1) is 8.57. The van der Waals surface area contributed by atoms with Crippen molar-refractivity contribution in [3.8, 4) is 0 Å². The molecule has 3 nitrogen and oxygen atoms in total. The highest BCUT2D eigenvalue weighted by Crippen LogP contribution is 2.27. The Morgan fingerprint density at radius 2 is 2.11 bits per heavy atom. The van der Waals surface area contributed by atoms with E-state index in [1.165, 1.54) is 11.3 Å². The quantitative estimate of drug-likeness (QED) is 0.856. The van der Waals surface area contributed by atoms with Crippen LogP contribution in [0.5, 0.6) is 0 Å². The molecule has 1 unspecified atom stereocenters. The average molecular weight is 248 g/mol. The number of hydrogen-bond donors (Lipinski definition) is 2. The van der Waals surface area contributed by atoms with E-state index in [9.17, 15) is 5.11 Å². The Morgan fingerprint density at radius 1 is 1.39 bits per heavy atom. The second kappa shape index (κ2) is 5.29. The molecule has 1 aliphatic rings. The zero-order valence-electron chi connectivity index (χ0n) is 11.6. The van der Waals surface area contributed by atoms with Gasteiger partial charge in [-0.05, 0) is 31.9 Å². The molecular weight excluding hydrogens is 224 g/mol. The SMILES string of the molecule is CCc1ccccc1N1CC(C)(C)NCC1CO. The normalized spacial score (nSPS) is 23.1. The lowest BCUT2D eigenvalue weighted by molar-refractivity contribution is 0.214. The number of aliphatic hydroxyl groups is 1. The van der Waals surface area contributed by atoms with Crippen molar-refractivity contribution in [2.24, 2.45) is 0 Å². The van der Waals surface area contributed by atoms with Gasteiger partial charge in [0.2, 0.25) is 0 Å². The third-order valence-corrected chi connectivity index (χ3v) is 3.72. The third-order valence-electron chi connectivity index (χ3n) is 3.72. The smallest absolute Gasteiger partial charge is 0.0647 e. The zero-order chi connectivity index (χ0) is 13.2. The number of nitrogens with one attached hydrogen (secondary N) is 1. The van der Waals surface area contributed by atoms with Crippen molar-refractivity contribution in [3.63, 3.8) is 0 Å². The van der Waals surface area contributed by atoms with Crippen molar-refractivity contribution in [2.75, 3.05) is 24.6 Å². The molecule has 2 N–H and O–H groups in total. The summed E-state index contributed by atoms with van der Waals surface area (Å²) >= 11 is 0. The van der Waals surface area contributed by atoms with E-state index in [1.807, 2.05) is 0 Å². The molecule has 0 spiro atoms. The number of piperazine rings is 1. The maximum absolute atomic E-state index is 9.57. The fraction of sp³-hybridized carbons (Fsp3) is 0.600. The summed E-state index contributed by atoms with van der Waals surface area (Å²) in [5.41, 5.74) is 2.72. The van der Waals surface area contributed by atoms with E-state index in [0.29, 0.717) is 0 Å². The van der Waals surface area contributed by atoms with Gasteiger partial charge >= 0.3 is 0 Å². The van der Waals surface area contributed by atoms with Gasteiger partial charge in [-0.1, -0.05) is 25.1 Å². The second-order valence-corrected chi connectivity index (χ2v) is 5.71. The van der Waals surface area contributed by atoms with Gasteiger partial charge < -0.3 is 15.3 Å². The number of benzene rings is 1. The summed E-state index contributed by atoms with van der Waals surface area (Å²) in [6.45, 7) is 8.56. The Morgan fingerprint density at radius 3 is 2.78 bits per heavy atom. The molecule has 0 radical (unpaired) electrons. The standard InChI is InChI=1S/C15H24N2O/c1-4-12-7-5-6-8-14(12)17-11-15(2,3)16-9-13(17)10-18/h5-8,13,16,18H,4,9-11H2,1-3H3. The minimum atomic E-state index is 0.0898. The van der Waals surface area contributed by atoms with Crippen molar-refractivity contribution >= 4 is 5.69 Å². The number of nitrogens with zero attached hydrogens (tertiary/aromatic N) is 1. The molecule has 3 heteroatoms. The Hall–Kier alpha value is -1.06. The van der Waals surface area contributed by atoms with E-state index in [2.05, 4.69) is 55.3 Å². The number of anilines is 1. The van der Waals surface area contributed by atoms with Crippen molar-refractivity contribution < 1.29 is 5.11 Å². The van der Waals surface area contributed by atoms with Crippen LogP contribution in [0.4, 0.5) is 5.69 Å². The molecule has 1 atom stereocenters. The minimum absolute atomic E-state index is 0.0898. The maximum Gasteiger partial charge on any atom is 0.0647 e. The molecule has 1 heterocycles. The van der Waals surface area contributed by atoms with Crippen LogP contribution in [0.1, 0.15) is 26.3 Å². The van der Waals surface area contributed by atoms with Gasteiger partial charge in [0, 0.05) is 24.3 Å². The lowest BCUT2D eigenvalue weighted by atomic mass is 9.97. The van der Waals surface area contributed by atoms with Crippen LogP contribution in [-0.2, 0) is 6.42 Å². The van der Waals surface area contributed by atoms with E-state index in [1.54, 1.807) is 0 Å². The largest absolute Gasteiger partial charge is 0.394 e. The van der Waals surface area contributed by atoms with Gasteiger partial charge in [0.05, 0.1) is 12.6 Å². The summed E-state index contributed by atoms with van der Waals surface area (Å²) in [5.74, 6) is 0. The Kier molecular flexibility index (Phi) is 3.93. The summed E-state index contributed by atoms with van der Waals surface area (Å²) < 4.78 is 0. The summed E-state index contributed by atoms with van der Waals surface area (Å²) in [5, 5.41) is 13.1. The molecule has 1 aromatic carbocycles. The van der Waals surface area contributed by atoms with E-state index in [4.69, 9.17) is 0 Å². The molecule has 18 heavy (non-hydrogen) atoms. The molecule has 0 amide bonds. The molecule has 0 aliphatic carbocycles. The Bertz CT molecular complexity index is 403. The van der Waals surface area contributed by atoms with Crippen LogP contribution in [-0.4, -0.2) is 36.4 Å². The number of rotatable bonds is 3. The molecule has 2 rings (SSSR count). The third kappa shape index (κ3) is 2.68. The van der Waals surface area contributed by atoms with Gasteiger partial charge in [-0.3, -0.25) is 0 Å². The number of aryl methyl sites for hydroxylation is 1. The minimum Gasteiger partial charge on any atom is -0.394 e. The highest BCUT2D eigenvalue weighted by molar-refractivity contribution is 5.55. The number of para-hydroxylation sites is 1. The van der Waals surface area contributed by atoms with Gasteiger partial charge in [0.25, 0.3) is 0 Å². The summed E-state index contributed by atoms with van der Waals surface area (Å²) in [6.07, 6.45) is 1.03. The van der Waals surface area contributed by atoms with Crippen molar-refractivity contribution in [3.05, 3.63) is 29.8 Å². The lowest BCUT2D eigenvalue weighted by Gasteiger charge is -2.46. The summed E-state index contributed by atoms with van der Waals surface area (Å²) in [6, 6.07) is 8.69. The van der Waals surface area contributed by atoms with Gasteiger partial charge in [0.1, 0.15) is 0 Å². The predicted molar refractivity (Wildman–Crippen MR) is 76.1 cm³/mol. The maximum atomic E-state index is 9.57. The molecule has 0 aromatic heterocycles. The van der Waals surface area contributed by atoms with E-state index < -0.39 is 0 Å². The second-order valence-electron chi connectivity index (χ2n) is 5.71.